The van der Waals surface area contributed by atoms with E-state index in [1.54, 1.807) is 58.9 Å². The zero-order valence-corrected chi connectivity index (χ0v) is 37.5. The minimum Gasteiger partial charge on any atom is -0.493 e. The van der Waals surface area contributed by atoms with Crippen molar-refractivity contribution in [2.45, 2.75) is 69.6 Å². The summed E-state index contributed by atoms with van der Waals surface area (Å²) in [6.45, 7) is 5.10. The first-order valence-corrected chi connectivity index (χ1v) is 23.5. The smallest absolute Gasteiger partial charge is 0.261 e. The first-order valence-electron chi connectivity index (χ1n) is 21.0. The summed E-state index contributed by atoms with van der Waals surface area (Å²) in [7, 11) is 6.54. The van der Waals surface area contributed by atoms with Gasteiger partial charge in [-0.1, -0.05) is 58.0 Å². The minimum atomic E-state index is -0.188. The number of aliphatic imine (C=N–C) groups is 1. The van der Waals surface area contributed by atoms with Crippen LogP contribution in [-0.4, -0.2) is 67.8 Å². The maximum Gasteiger partial charge on any atom is 0.261 e. The molecule has 5 aromatic rings. The van der Waals surface area contributed by atoms with Gasteiger partial charge in [0.05, 0.1) is 48.8 Å². The molecule has 12 nitrogen and oxygen atoms in total. The highest BCUT2D eigenvalue weighted by Crippen LogP contribution is 2.43. The van der Waals surface area contributed by atoms with Gasteiger partial charge in [-0.3, -0.25) is 24.3 Å². The van der Waals surface area contributed by atoms with Crippen LogP contribution in [0.1, 0.15) is 69.7 Å². The minimum absolute atomic E-state index is 0.0107. The topological polar surface area (TPSA) is 131 Å². The SMILES string of the molecule is COc1cc2c(cc1OCc1cc(COc3cc4c(cc3OC)C(=O)N3c5ccccc5C[C@H]3CN4)cc(NC(=O)CCC(C)(C)SSC)c1)N=C[C@@H]1Cc3ccccc3N1C2=O. The van der Waals surface area contributed by atoms with Crippen molar-refractivity contribution in [3.05, 3.63) is 124 Å². The number of benzene rings is 5. The number of fused-ring (bicyclic) bond motifs is 8. The summed E-state index contributed by atoms with van der Waals surface area (Å²) in [6.07, 6.45) is 6.39. The quantitative estimate of drug-likeness (QED) is 0.104. The number of carbonyl (C=O) groups excluding carboxylic acids is 3. The molecule has 0 aliphatic carbocycles. The van der Waals surface area contributed by atoms with Gasteiger partial charge in [0.25, 0.3) is 11.8 Å². The third kappa shape index (κ3) is 8.53. The molecule has 4 aliphatic heterocycles. The van der Waals surface area contributed by atoms with Crippen LogP contribution in [0.15, 0.2) is 96.0 Å². The third-order valence-corrected chi connectivity index (χ3v) is 14.5. The number of para-hydroxylation sites is 2. The molecule has 324 valence electrons. The molecule has 2 atom stereocenters. The number of nitrogens with zero attached hydrogens (tertiary/aromatic N) is 3. The summed E-state index contributed by atoms with van der Waals surface area (Å²) < 4.78 is 24.4. The number of ether oxygens (including phenoxy) is 4. The molecule has 0 spiro atoms. The van der Waals surface area contributed by atoms with Gasteiger partial charge in [0.1, 0.15) is 13.2 Å². The van der Waals surface area contributed by atoms with E-state index in [1.165, 1.54) is 0 Å². The first kappa shape index (κ1) is 42.2. The fraction of sp³-hybridized carbons (Fsp3) is 0.306. The van der Waals surface area contributed by atoms with Gasteiger partial charge in [0.15, 0.2) is 23.0 Å². The molecule has 63 heavy (non-hydrogen) atoms. The Morgan fingerprint density at radius 3 is 2.10 bits per heavy atom. The lowest BCUT2D eigenvalue weighted by molar-refractivity contribution is -0.116. The van der Waals surface area contributed by atoms with Crippen molar-refractivity contribution >= 4 is 74.0 Å². The van der Waals surface area contributed by atoms with Gasteiger partial charge in [-0.05, 0) is 97.7 Å². The van der Waals surface area contributed by atoms with Gasteiger partial charge >= 0.3 is 0 Å². The van der Waals surface area contributed by atoms with Crippen molar-refractivity contribution in [2.24, 2.45) is 4.99 Å². The maximum absolute atomic E-state index is 14.0. The van der Waals surface area contributed by atoms with Crippen molar-refractivity contribution in [1.82, 2.24) is 0 Å². The summed E-state index contributed by atoms with van der Waals surface area (Å²) in [6, 6.07) is 28.5. The Morgan fingerprint density at radius 2 is 1.41 bits per heavy atom. The van der Waals surface area contributed by atoms with Crippen molar-refractivity contribution in [3.63, 3.8) is 0 Å². The van der Waals surface area contributed by atoms with Crippen LogP contribution in [0, 0.1) is 0 Å². The Balaban J connectivity index is 0.968. The van der Waals surface area contributed by atoms with E-state index in [-0.39, 0.29) is 47.8 Å². The summed E-state index contributed by atoms with van der Waals surface area (Å²) in [4.78, 5) is 49.8. The second kappa shape index (κ2) is 17.6. The van der Waals surface area contributed by atoms with Gasteiger partial charge in [-0.25, -0.2) is 0 Å². The predicted molar refractivity (Wildman–Crippen MR) is 252 cm³/mol. The molecule has 3 amide bonds. The van der Waals surface area contributed by atoms with E-state index in [2.05, 4.69) is 30.5 Å². The van der Waals surface area contributed by atoms with E-state index in [9.17, 15) is 14.4 Å². The van der Waals surface area contributed by atoms with Crippen molar-refractivity contribution in [3.8, 4) is 23.0 Å². The molecule has 4 aliphatic rings. The highest BCUT2D eigenvalue weighted by atomic mass is 33.1. The van der Waals surface area contributed by atoms with Gasteiger partial charge < -0.3 is 34.5 Å². The van der Waals surface area contributed by atoms with E-state index in [1.807, 2.05) is 84.1 Å². The van der Waals surface area contributed by atoms with Crippen LogP contribution in [0.4, 0.5) is 28.4 Å². The standard InChI is InChI=1S/C49H49N5O7S2/c1-49(2,63-62-5)15-14-46(55)52-33-17-29(27-60-44-23-38-36(21-42(44)58-3)47(56)53-34(25-50-38)19-31-10-6-8-12-40(31)53)16-30(18-33)28-61-45-24-39-37(22-43(45)59-4)48(57)54-35(26-51-39)20-32-11-7-9-13-41(32)54/h6-13,16-18,21-25,34-35,51H,14-15,19-20,26-28H2,1-5H3,(H,52,55)/t34-,35-/m0/s1. The lowest BCUT2D eigenvalue weighted by Gasteiger charge is -2.23. The Morgan fingerprint density at radius 1 is 0.794 bits per heavy atom. The molecule has 0 radical (unpaired) electrons. The third-order valence-electron chi connectivity index (χ3n) is 11.9. The summed E-state index contributed by atoms with van der Waals surface area (Å²) >= 11 is 0. The monoisotopic (exact) mass is 883 g/mol. The van der Waals surface area contributed by atoms with Crippen LogP contribution >= 0.6 is 21.6 Å². The van der Waals surface area contributed by atoms with Crippen LogP contribution in [-0.2, 0) is 30.8 Å². The molecular weight excluding hydrogens is 835 g/mol. The molecule has 5 aromatic carbocycles. The van der Waals surface area contributed by atoms with E-state index in [4.69, 9.17) is 23.9 Å². The lowest BCUT2D eigenvalue weighted by Crippen LogP contribution is -2.39. The molecule has 0 saturated heterocycles. The van der Waals surface area contributed by atoms with Crippen molar-refractivity contribution < 1.29 is 33.3 Å². The lowest BCUT2D eigenvalue weighted by atomic mass is 10.1. The number of amides is 3. The Labute approximate surface area is 375 Å². The number of anilines is 4. The average molecular weight is 884 g/mol. The number of methoxy groups -OCH3 is 2. The van der Waals surface area contributed by atoms with Crippen molar-refractivity contribution in [1.29, 1.82) is 0 Å². The molecule has 0 aromatic heterocycles. The highest BCUT2D eigenvalue weighted by molar-refractivity contribution is 8.76. The molecule has 0 unspecified atom stereocenters. The zero-order valence-electron chi connectivity index (χ0n) is 35.9. The van der Waals surface area contributed by atoms with Gasteiger partial charge in [0, 0.05) is 59.5 Å². The molecule has 2 N–H and O–H groups in total. The van der Waals surface area contributed by atoms with Gasteiger partial charge in [-0.2, -0.15) is 0 Å². The maximum atomic E-state index is 14.0. The van der Waals surface area contributed by atoms with E-state index in [0.29, 0.717) is 77.0 Å². The van der Waals surface area contributed by atoms with Gasteiger partial charge in [-0.15, -0.1) is 0 Å². The zero-order chi connectivity index (χ0) is 43.8. The average Bonchev–Trinajstić information content (AvgIpc) is 3.77. The molecular formula is C49H49N5O7S2. The van der Waals surface area contributed by atoms with E-state index in [0.717, 1.165) is 40.0 Å². The molecule has 0 bridgehead atoms. The van der Waals surface area contributed by atoms with E-state index >= 15 is 0 Å². The van der Waals surface area contributed by atoms with Crippen LogP contribution in [0.25, 0.3) is 0 Å². The number of carbonyl (C=O) groups is 3. The molecule has 9 rings (SSSR count). The fourth-order valence-electron chi connectivity index (χ4n) is 8.83. The predicted octanol–water partition coefficient (Wildman–Crippen LogP) is 9.65. The fourth-order valence-corrected chi connectivity index (χ4v) is 11.1. The summed E-state index contributed by atoms with van der Waals surface area (Å²) in [5.41, 5.74) is 8.33. The molecule has 14 heteroatoms. The van der Waals surface area contributed by atoms with Crippen LogP contribution in [0.3, 0.4) is 0 Å². The Bertz CT molecular complexity index is 2650. The van der Waals surface area contributed by atoms with E-state index < -0.39 is 0 Å². The van der Waals surface area contributed by atoms with Crippen LogP contribution in [0.5, 0.6) is 23.0 Å². The molecule has 0 fully saturated rings. The summed E-state index contributed by atoms with van der Waals surface area (Å²) in [5.74, 6) is 1.38. The highest BCUT2D eigenvalue weighted by Gasteiger charge is 2.39. The first-order chi connectivity index (χ1) is 30.5. The molecule has 4 heterocycles. The van der Waals surface area contributed by atoms with Crippen LogP contribution in [0.2, 0.25) is 0 Å². The second-order valence-electron chi connectivity index (χ2n) is 16.6. The van der Waals surface area contributed by atoms with Crippen molar-refractivity contribution in [2.75, 3.05) is 47.5 Å². The largest absolute Gasteiger partial charge is 0.493 e. The normalized spacial score (nSPS) is 17.0. The van der Waals surface area contributed by atoms with Gasteiger partial charge in [0.2, 0.25) is 5.91 Å². The number of rotatable bonds is 14. The summed E-state index contributed by atoms with van der Waals surface area (Å²) in [5, 5.41) is 6.61. The van der Waals surface area contributed by atoms with Crippen LogP contribution < -0.4 is 39.4 Å². The number of hydrogen-bond donors (Lipinski definition) is 2. The molecule has 0 saturated carbocycles. The number of hydrogen-bond acceptors (Lipinski definition) is 11. The number of nitrogens with one attached hydrogen (secondary N) is 2. The Kier molecular flexibility index (Phi) is 11.8. The second-order valence-corrected chi connectivity index (χ2v) is 19.7. The Hall–Kier alpha value is -6.12.